The quantitative estimate of drug-likeness (QED) is 0.844. The van der Waals surface area contributed by atoms with Crippen LogP contribution in [0.2, 0.25) is 0 Å². The largest absolute Gasteiger partial charge is 0.389 e. The predicted molar refractivity (Wildman–Crippen MR) is 81.3 cm³/mol. The van der Waals surface area contributed by atoms with Crippen LogP contribution < -0.4 is 10.6 Å². The molecule has 1 atom stereocenters. The molecule has 1 saturated heterocycles. The van der Waals surface area contributed by atoms with Gasteiger partial charge in [-0.05, 0) is 39.1 Å². The predicted octanol–water partition coefficient (Wildman–Crippen LogP) is 1.85. The van der Waals surface area contributed by atoms with Crippen LogP contribution in [0, 0.1) is 0 Å². The molecule has 0 aliphatic carbocycles. The molecule has 2 rings (SSSR count). The molecule has 0 radical (unpaired) electrons. The maximum atomic E-state index is 5.81. The Morgan fingerprint density at radius 3 is 2.78 bits per heavy atom. The van der Waals surface area contributed by atoms with Crippen molar-refractivity contribution in [3.05, 3.63) is 29.8 Å². The van der Waals surface area contributed by atoms with Crippen molar-refractivity contribution < 1.29 is 0 Å². The second-order valence-electron chi connectivity index (χ2n) is 5.09. The lowest BCUT2D eigenvalue weighted by Gasteiger charge is -2.38. The van der Waals surface area contributed by atoms with Crippen LogP contribution in [-0.2, 0) is 0 Å². The summed E-state index contributed by atoms with van der Waals surface area (Å²) >= 11 is 5.14. The van der Waals surface area contributed by atoms with Gasteiger partial charge in [-0.15, -0.1) is 0 Å². The molecule has 98 valence electrons. The maximum absolute atomic E-state index is 5.81. The van der Waals surface area contributed by atoms with Gasteiger partial charge in [-0.3, -0.25) is 0 Å². The smallest absolute Gasteiger partial charge is 0.106 e. The van der Waals surface area contributed by atoms with Crippen molar-refractivity contribution in [2.75, 3.05) is 32.1 Å². The van der Waals surface area contributed by atoms with Crippen molar-refractivity contribution >= 4 is 22.9 Å². The third-order valence-corrected chi connectivity index (χ3v) is 3.86. The molecule has 4 heteroatoms. The average molecular weight is 263 g/mol. The number of rotatable bonds is 3. The van der Waals surface area contributed by atoms with E-state index in [1.54, 1.807) is 0 Å². The first-order valence-corrected chi connectivity index (χ1v) is 6.80. The lowest BCUT2D eigenvalue weighted by atomic mass is 10.0. The van der Waals surface area contributed by atoms with Crippen LogP contribution in [0.3, 0.4) is 0 Å². The van der Waals surface area contributed by atoms with Crippen LogP contribution >= 0.6 is 12.2 Å². The fourth-order valence-corrected chi connectivity index (χ4v) is 2.73. The minimum absolute atomic E-state index is 0.484. The summed E-state index contributed by atoms with van der Waals surface area (Å²) in [5.41, 5.74) is 7.98. The number of thiocarbonyl (C=S) groups is 1. The van der Waals surface area contributed by atoms with Crippen molar-refractivity contribution in [3.63, 3.8) is 0 Å². The SMILES string of the molecule is CN(C)C1CCCN(c2ccccc2C(N)=S)C1. The van der Waals surface area contributed by atoms with E-state index in [1.165, 1.54) is 18.5 Å². The molecule has 0 spiro atoms. The maximum Gasteiger partial charge on any atom is 0.106 e. The van der Waals surface area contributed by atoms with Gasteiger partial charge in [0.1, 0.15) is 4.99 Å². The molecule has 1 fully saturated rings. The van der Waals surface area contributed by atoms with Crippen molar-refractivity contribution in [2.24, 2.45) is 5.73 Å². The molecular formula is C14H21N3S. The van der Waals surface area contributed by atoms with E-state index in [1.807, 2.05) is 12.1 Å². The molecule has 1 heterocycles. The van der Waals surface area contributed by atoms with Gasteiger partial charge in [0.25, 0.3) is 0 Å². The lowest BCUT2D eigenvalue weighted by molar-refractivity contribution is 0.258. The first-order chi connectivity index (χ1) is 8.59. The third kappa shape index (κ3) is 2.82. The molecule has 0 bridgehead atoms. The van der Waals surface area contributed by atoms with E-state index in [9.17, 15) is 0 Å². The standard InChI is InChI=1S/C14H21N3S/c1-16(2)11-6-5-9-17(10-11)13-8-4-3-7-12(13)14(15)18/h3-4,7-8,11H,5-6,9-10H2,1-2H3,(H2,15,18). The average Bonchev–Trinajstić information content (AvgIpc) is 2.39. The molecular weight excluding hydrogens is 242 g/mol. The highest BCUT2D eigenvalue weighted by molar-refractivity contribution is 7.80. The Morgan fingerprint density at radius 1 is 1.39 bits per heavy atom. The van der Waals surface area contributed by atoms with Crippen LogP contribution in [-0.4, -0.2) is 43.1 Å². The van der Waals surface area contributed by atoms with Gasteiger partial charge in [-0.2, -0.15) is 0 Å². The number of nitrogens with two attached hydrogens (primary N) is 1. The zero-order chi connectivity index (χ0) is 13.1. The van der Waals surface area contributed by atoms with Crippen LogP contribution in [0.25, 0.3) is 0 Å². The fourth-order valence-electron chi connectivity index (χ4n) is 2.55. The topological polar surface area (TPSA) is 32.5 Å². The van der Waals surface area contributed by atoms with E-state index in [-0.39, 0.29) is 0 Å². The van der Waals surface area contributed by atoms with Crippen molar-refractivity contribution in [3.8, 4) is 0 Å². The Morgan fingerprint density at radius 2 is 2.11 bits per heavy atom. The monoisotopic (exact) mass is 263 g/mol. The van der Waals surface area contributed by atoms with Gasteiger partial charge in [-0.1, -0.05) is 24.4 Å². The van der Waals surface area contributed by atoms with Gasteiger partial charge >= 0.3 is 0 Å². The summed E-state index contributed by atoms with van der Waals surface area (Å²) in [7, 11) is 4.29. The van der Waals surface area contributed by atoms with Crippen LogP contribution in [0.5, 0.6) is 0 Å². The molecule has 1 aromatic carbocycles. The van der Waals surface area contributed by atoms with Crippen LogP contribution in [0.4, 0.5) is 5.69 Å². The number of hydrogen-bond acceptors (Lipinski definition) is 3. The summed E-state index contributed by atoms with van der Waals surface area (Å²) in [6, 6.07) is 8.78. The lowest BCUT2D eigenvalue weighted by Crippen LogP contribution is -2.45. The highest BCUT2D eigenvalue weighted by atomic mass is 32.1. The van der Waals surface area contributed by atoms with Crippen molar-refractivity contribution in [1.29, 1.82) is 0 Å². The molecule has 3 nitrogen and oxygen atoms in total. The summed E-state index contributed by atoms with van der Waals surface area (Å²) in [5.74, 6) is 0. The van der Waals surface area contributed by atoms with E-state index >= 15 is 0 Å². The molecule has 1 aliphatic heterocycles. The molecule has 18 heavy (non-hydrogen) atoms. The number of anilines is 1. The van der Waals surface area contributed by atoms with Crippen molar-refractivity contribution in [1.82, 2.24) is 4.90 Å². The summed E-state index contributed by atoms with van der Waals surface area (Å²) < 4.78 is 0. The zero-order valence-electron chi connectivity index (χ0n) is 11.1. The molecule has 0 amide bonds. The van der Waals surface area contributed by atoms with E-state index in [2.05, 4.69) is 36.0 Å². The second-order valence-corrected chi connectivity index (χ2v) is 5.53. The molecule has 1 aromatic rings. The summed E-state index contributed by atoms with van der Waals surface area (Å²) in [6.45, 7) is 2.14. The van der Waals surface area contributed by atoms with Gasteiger partial charge in [0, 0.05) is 30.4 Å². The first kappa shape index (κ1) is 13.3. The van der Waals surface area contributed by atoms with Gasteiger partial charge in [0.2, 0.25) is 0 Å². The number of hydrogen-bond donors (Lipinski definition) is 1. The second kappa shape index (κ2) is 5.67. The Labute approximate surface area is 115 Å². The molecule has 0 aromatic heterocycles. The van der Waals surface area contributed by atoms with Gasteiger partial charge in [-0.25, -0.2) is 0 Å². The van der Waals surface area contributed by atoms with Gasteiger partial charge < -0.3 is 15.5 Å². The summed E-state index contributed by atoms with van der Waals surface area (Å²) in [6.07, 6.45) is 2.48. The number of benzene rings is 1. The highest BCUT2D eigenvalue weighted by Crippen LogP contribution is 2.25. The zero-order valence-corrected chi connectivity index (χ0v) is 11.9. The van der Waals surface area contributed by atoms with E-state index < -0.39 is 0 Å². The van der Waals surface area contributed by atoms with E-state index in [4.69, 9.17) is 18.0 Å². The molecule has 1 aliphatic rings. The number of piperidine rings is 1. The Balaban J connectivity index is 2.23. The van der Waals surface area contributed by atoms with Gasteiger partial charge in [0.15, 0.2) is 0 Å². The first-order valence-electron chi connectivity index (χ1n) is 6.40. The number of para-hydroxylation sites is 1. The van der Waals surface area contributed by atoms with Crippen LogP contribution in [0.15, 0.2) is 24.3 Å². The third-order valence-electron chi connectivity index (χ3n) is 3.64. The van der Waals surface area contributed by atoms with E-state index in [0.717, 1.165) is 18.7 Å². The molecule has 1 unspecified atom stereocenters. The summed E-state index contributed by atoms with van der Waals surface area (Å²) in [4.78, 5) is 5.19. The van der Waals surface area contributed by atoms with Crippen molar-refractivity contribution in [2.45, 2.75) is 18.9 Å². The Bertz CT molecular complexity index is 431. The summed E-state index contributed by atoms with van der Waals surface area (Å²) in [5, 5.41) is 0. The number of nitrogens with zero attached hydrogens (tertiary/aromatic N) is 2. The van der Waals surface area contributed by atoms with Crippen LogP contribution in [0.1, 0.15) is 18.4 Å². The highest BCUT2D eigenvalue weighted by Gasteiger charge is 2.23. The molecule has 0 saturated carbocycles. The normalized spacial score (nSPS) is 20.2. The minimum atomic E-state index is 0.484. The van der Waals surface area contributed by atoms with E-state index in [0.29, 0.717) is 11.0 Å². The van der Waals surface area contributed by atoms with Gasteiger partial charge in [0.05, 0.1) is 0 Å². The fraction of sp³-hybridized carbons (Fsp3) is 0.500. The number of likely N-dealkylation sites (N-methyl/N-ethyl adjacent to an activating group) is 1. The molecule has 2 N–H and O–H groups in total. The Kier molecular flexibility index (Phi) is 4.19. The Hall–Kier alpha value is -1.13. The minimum Gasteiger partial charge on any atom is -0.389 e.